The Hall–Kier alpha value is -1.60. The Morgan fingerprint density at radius 1 is 1.47 bits per heavy atom. The molecule has 1 rings (SSSR count). The maximum atomic E-state index is 11.8. The molecule has 0 aliphatic heterocycles. The van der Waals surface area contributed by atoms with Crippen LogP contribution in [0.1, 0.15) is 24.9 Å². The number of nitrogens with one attached hydrogen (secondary N) is 1. The normalized spacial score (nSPS) is 12.9. The maximum Gasteiger partial charge on any atom is 0.306 e. The number of ether oxygens (including phenoxy) is 1. The van der Waals surface area contributed by atoms with Gasteiger partial charge in [-0.15, -0.1) is 0 Å². The maximum absolute atomic E-state index is 11.8. The Bertz CT molecular complexity index is 542. The highest BCUT2D eigenvalue weighted by atomic mass is 32.2. The van der Waals surface area contributed by atoms with E-state index >= 15 is 0 Å². The zero-order valence-corrected chi connectivity index (χ0v) is 11.7. The highest BCUT2D eigenvalue weighted by Crippen LogP contribution is 2.16. The van der Waals surface area contributed by atoms with E-state index in [0.717, 1.165) is 5.56 Å². The third-order valence-corrected chi connectivity index (χ3v) is 4.02. The molecule has 1 unspecified atom stereocenters. The van der Waals surface area contributed by atoms with Gasteiger partial charge in [-0.3, -0.25) is 4.79 Å². The second-order valence-corrected chi connectivity index (χ2v) is 6.03. The molecule has 0 aliphatic carbocycles. The molecule has 0 saturated carbocycles. The Morgan fingerprint density at radius 2 is 2.16 bits per heavy atom. The molecule has 0 amide bonds. The average Bonchev–Trinajstić information content (AvgIpc) is 2.35. The number of hydrogen-bond acceptors (Lipinski definition) is 5. The van der Waals surface area contributed by atoms with Crippen LogP contribution in [0.25, 0.3) is 0 Å². The number of benzene rings is 1. The molecular formula is C12H18N2O4S. The average molecular weight is 286 g/mol. The molecule has 7 heteroatoms. The molecule has 0 heterocycles. The molecule has 0 radical (unpaired) electrons. The third kappa shape index (κ3) is 5.27. The predicted octanol–water partition coefficient (Wildman–Crippen LogP) is 0.812. The quantitative estimate of drug-likeness (QED) is 0.595. The topological polar surface area (TPSA) is 98.5 Å². The van der Waals surface area contributed by atoms with Crippen molar-refractivity contribution in [2.45, 2.75) is 19.4 Å². The van der Waals surface area contributed by atoms with Gasteiger partial charge >= 0.3 is 5.97 Å². The number of sulfonamides is 1. The summed E-state index contributed by atoms with van der Waals surface area (Å²) in [6.45, 7) is 1.71. The van der Waals surface area contributed by atoms with E-state index in [2.05, 4.69) is 9.46 Å². The lowest BCUT2D eigenvalue weighted by Crippen LogP contribution is -2.30. The summed E-state index contributed by atoms with van der Waals surface area (Å²) < 4.78 is 30.4. The number of nitrogens with two attached hydrogens (primary N) is 1. The number of carbonyl (C=O) groups is 1. The van der Waals surface area contributed by atoms with Gasteiger partial charge in [0.05, 0.1) is 19.3 Å². The van der Waals surface area contributed by atoms with Crippen molar-refractivity contribution in [3.8, 4) is 0 Å². The van der Waals surface area contributed by atoms with Crippen molar-refractivity contribution >= 4 is 21.7 Å². The summed E-state index contributed by atoms with van der Waals surface area (Å²) in [6, 6.07) is 6.55. The second kappa shape index (κ2) is 6.53. The van der Waals surface area contributed by atoms with Crippen LogP contribution >= 0.6 is 0 Å². The monoisotopic (exact) mass is 286 g/mol. The first-order valence-electron chi connectivity index (χ1n) is 5.76. The molecule has 6 nitrogen and oxygen atoms in total. The van der Waals surface area contributed by atoms with Gasteiger partial charge in [0.2, 0.25) is 10.0 Å². The minimum Gasteiger partial charge on any atom is -0.469 e. The van der Waals surface area contributed by atoms with Gasteiger partial charge in [0, 0.05) is 11.7 Å². The minimum atomic E-state index is -3.54. The summed E-state index contributed by atoms with van der Waals surface area (Å²) in [5, 5.41) is 0. The van der Waals surface area contributed by atoms with Crippen molar-refractivity contribution in [1.29, 1.82) is 0 Å². The Balaban J connectivity index is 2.65. The van der Waals surface area contributed by atoms with Crippen LogP contribution in [-0.2, 0) is 19.6 Å². The molecule has 0 spiro atoms. The van der Waals surface area contributed by atoms with Crippen LogP contribution < -0.4 is 10.5 Å². The second-order valence-electron chi connectivity index (χ2n) is 4.15. The molecule has 3 N–H and O–H groups in total. The van der Waals surface area contributed by atoms with Crippen LogP contribution in [0.4, 0.5) is 5.69 Å². The standard InChI is InChI=1S/C12H18N2O4S/c1-9(10-4-3-5-11(13)8-10)14-19(16,17)7-6-12(15)18-2/h3-5,8-9,14H,6-7,13H2,1-2H3. The zero-order valence-electron chi connectivity index (χ0n) is 10.9. The van der Waals surface area contributed by atoms with Gasteiger partial charge < -0.3 is 10.5 Å². The largest absolute Gasteiger partial charge is 0.469 e. The molecule has 0 bridgehead atoms. The van der Waals surface area contributed by atoms with Gasteiger partial charge in [0.15, 0.2) is 0 Å². The molecule has 1 aromatic carbocycles. The smallest absolute Gasteiger partial charge is 0.306 e. The Morgan fingerprint density at radius 3 is 2.74 bits per heavy atom. The van der Waals surface area contributed by atoms with E-state index in [1.54, 1.807) is 31.2 Å². The van der Waals surface area contributed by atoms with Crippen LogP contribution in [0.15, 0.2) is 24.3 Å². The summed E-state index contributed by atoms with van der Waals surface area (Å²) in [6.07, 6.45) is -0.171. The fourth-order valence-corrected chi connectivity index (χ4v) is 2.77. The fraction of sp³-hybridized carbons (Fsp3) is 0.417. The molecule has 19 heavy (non-hydrogen) atoms. The number of carbonyl (C=O) groups excluding carboxylic acids is 1. The number of esters is 1. The van der Waals surface area contributed by atoms with Gasteiger partial charge in [-0.2, -0.15) is 0 Å². The van der Waals surface area contributed by atoms with Crippen LogP contribution in [-0.4, -0.2) is 27.2 Å². The van der Waals surface area contributed by atoms with E-state index in [-0.39, 0.29) is 12.2 Å². The molecule has 0 saturated heterocycles. The number of methoxy groups -OCH3 is 1. The lowest BCUT2D eigenvalue weighted by atomic mass is 10.1. The van der Waals surface area contributed by atoms with Crippen LogP contribution in [0.5, 0.6) is 0 Å². The molecule has 0 aliphatic rings. The SMILES string of the molecule is COC(=O)CCS(=O)(=O)NC(C)c1cccc(N)c1. The summed E-state index contributed by atoms with van der Waals surface area (Å²) in [7, 11) is -2.32. The molecule has 0 fully saturated rings. The predicted molar refractivity (Wildman–Crippen MR) is 72.8 cm³/mol. The van der Waals surface area contributed by atoms with Crippen molar-refractivity contribution in [3.05, 3.63) is 29.8 Å². The molecule has 1 atom stereocenters. The van der Waals surface area contributed by atoms with E-state index in [1.807, 2.05) is 0 Å². The first kappa shape index (κ1) is 15.5. The molecule has 0 aromatic heterocycles. The number of rotatable bonds is 6. The fourth-order valence-electron chi connectivity index (χ4n) is 1.54. The van der Waals surface area contributed by atoms with Gasteiger partial charge in [0.1, 0.15) is 0 Å². The Kier molecular flexibility index (Phi) is 5.31. The lowest BCUT2D eigenvalue weighted by Gasteiger charge is -2.14. The zero-order chi connectivity index (χ0) is 14.5. The number of anilines is 1. The van der Waals surface area contributed by atoms with Crippen molar-refractivity contribution in [3.63, 3.8) is 0 Å². The van der Waals surface area contributed by atoms with Gasteiger partial charge in [-0.25, -0.2) is 13.1 Å². The Labute approximate surface area is 113 Å². The van der Waals surface area contributed by atoms with Crippen molar-refractivity contribution in [2.24, 2.45) is 0 Å². The van der Waals surface area contributed by atoms with Crippen LogP contribution in [0.2, 0.25) is 0 Å². The van der Waals surface area contributed by atoms with E-state index in [1.165, 1.54) is 7.11 Å². The van der Waals surface area contributed by atoms with E-state index in [4.69, 9.17) is 5.73 Å². The first-order chi connectivity index (χ1) is 8.84. The van der Waals surface area contributed by atoms with E-state index < -0.39 is 22.0 Å². The van der Waals surface area contributed by atoms with Crippen molar-refractivity contribution in [1.82, 2.24) is 4.72 Å². The number of nitrogen functional groups attached to an aromatic ring is 1. The summed E-state index contributed by atoms with van der Waals surface area (Å²) >= 11 is 0. The molecular weight excluding hydrogens is 268 g/mol. The molecule has 106 valence electrons. The third-order valence-electron chi connectivity index (χ3n) is 2.57. The summed E-state index contributed by atoms with van der Waals surface area (Å²) in [5.41, 5.74) is 6.97. The van der Waals surface area contributed by atoms with Crippen molar-refractivity contribution in [2.75, 3.05) is 18.6 Å². The van der Waals surface area contributed by atoms with Crippen molar-refractivity contribution < 1.29 is 17.9 Å². The highest BCUT2D eigenvalue weighted by molar-refractivity contribution is 7.89. The number of hydrogen-bond donors (Lipinski definition) is 2. The van der Waals surface area contributed by atoms with Crippen LogP contribution in [0.3, 0.4) is 0 Å². The van der Waals surface area contributed by atoms with E-state index in [9.17, 15) is 13.2 Å². The summed E-state index contributed by atoms with van der Waals surface area (Å²) in [5.74, 6) is -0.853. The van der Waals surface area contributed by atoms with Crippen LogP contribution in [0, 0.1) is 0 Å². The van der Waals surface area contributed by atoms with Gasteiger partial charge in [-0.1, -0.05) is 12.1 Å². The summed E-state index contributed by atoms with van der Waals surface area (Å²) in [4.78, 5) is 10.9. The van der Waals surface area contributed by atoms with Gasteiger partial charge in [-0.05, 0) is 24.6 Å². The lowest BCUT2D eigenvalue weighted by molar-refractivity contribution is -0.140. The molecule has 1 aromatic rings. The first-order valence-corrected chi connectivity index (χ1v) is 7.41. The van der Waals surface area contributed by atoms with Gasteiger partial charge in [0.25, 0.3) is 0 Å². The highest BCUT2D eigenvalue weighted by Gasteiger charge is 2.17. The minimum absolute atomic E-state index is 0.171. The van der Waals surface area contributed by atoms with E-state index in [0.29, 0.717) is 5.69 Å².